The molecule has 0 bridgehead atoms. The molecule has 1 fully saturated rings. The Morgan fingerprint density at radius 1 is 1.53 bits per heavy atom. The third-order valence-electron chi connectivity index (χ3n) is 3.08. The third-order valence-corrected chi connectivity index (χ3v) is 3.08. The molecule has 1 aromatic rings. The van der Waals surface area contributed by atoms with Gasteiger partial charge < -0.3 is 10.2 Å². The summed E-state index contributed by atoms with van der Waals surface area (Å²) < 4.78 is 0. The smallest absolute Gasteiger partial charge is 0.249 e. The van der Waals surface area contributed by atoms with E-state index in [-0.39, 0.29) is 24.4 Å². The van der Waals surface area contributed by atoms with Crippen molar-refractivity contribution in [3.8, 4) is 0 Å². The second-order valence-electron chi connectivity index (χ2n) is 4.41. The molecule has 0 aromatic carbocycles. The standard InChI is InChI=1S/C12H17N5O2/c1-4-8-11(19)15-9(18)6-17(8)10-7(2)5-14-12(13-3)16-10/h5,8H,4,6H2,1-3H3,(H,13,14,16)(H,15,18,19). The molecule has 0 saturated carbocycles. The number of carbonyl (C=O) groups is 2. The van der Waals surface area contributed by atoms with E-state index in [1.54, 1.807) is 18.1 Å². The van der Waals surface area contributed by atoms with E-state index in [9.17, 15) is 9.59 Å². The van der Waals surface area contributed by atoms with Crippen molar-refractivity contribution in [3.63, 3.8) is 0 Å². The summed E-state index contributed by atoms with van der Waals surface area (Å²) in [6, 6.07) is -0.379. The number of imide groups is 1. The van der Waals surface area contributed by atoms with Crippen LogP contribution >= 0.6 is 0 Å². The zero-order chi connectivity index (χ0) is 14.0. The summed E-state index contributed by atoms with van der Waals surface area (Å²) >= 11 is 0. The number of piperazine rings is 1. The Morgan fingerprint density at radius 2 is 2.26 bits per heavy atom. The molecule has 2 rings (SSSR count). The molecule has 7 heteroatoms. The minimum atomic E-state index is -0.379. The predicted octanol–water partition coefficient (Wildman–Crippen LogP) is 0.0681. The van der Waals surface area contributed by atoms with Crippen molar-refractivity contribution >= 4 is 23.6 Å². The quantitative estimate of drug-likeness (QED) is 0.750. The topological polar surface area (TPSA) is 87.2 Å². The third kappa shape index (κ3) is 2.49. The van der Waals surface area contributed by atoms with Crippen molar-refractivity contribution in [2.75, 3.05) is 23.8 Å². The van der Waals surface area contributed by atoms with Crippen molar-refractivity contribution in [2.45, 2.75) is 26.3 Å². The van der Waals surface area contributed by atoms with Gasteiger partial charge in [-0.15, -0.1) is 0 Å². The van der Waals surface area contributed by atoms with Crippen molar-refractivity contribution in [1.29, 1.82) is 0 Å². The number of aryl methyl sites for hydroxylation is 1. The van der Waals surface area contributed by atoms with E-state index < -0.39 is 0 Å². The number of nitrogens with zero attached hydrogens (tertiary/aromatic N) is 3. The van der Waals surface area contributed by atoms with Gasteiger partial charge in [-0.05, 0) is 13.3 Å². The summed E-state index contributed by atoms with van der Waals surface area (Å²) in [5.74, 6) is 0.504. The van der Waals surface area contributed by atoms with Crippen LogP contribution in [-0.2, 0) is 9.59 Å². The van der Waals surface area contributed by atoms with Gasteiger partial charge in [-0.2, -0.15) is 4.98 Å². The van der Waals surface area contributed by atoms with Gasteiger partial charge in [-0.3, -0.25) is 14.9 Å². The van der Waals surface area contributed by atoms with E-state index in [0.29, 0.717) is 18.2 Å². The second kappa shape index (κ2) is 5.21. The number of hydrogen-bond acceptors (Lipinski definition) is 6. The highest BCUT2D eigenvalue weighted by molar-refractivity contribution is 6.04. The largest absolute Gasteiger partial charge is 0.357 e. The fourth-order valence-electron chi connectivity index (χ4n) is 2.14. The van der Waals surface area contributed by atoms with Gasteiger partial charge in [-0.1, -0.05) is 6.92 Å². The first-order valence-corrected chi connectivity index (χ1v) is 6.18. The number of amides is 2. The van der Waals surface area contributed by atoms with Crippen LogP contribution in [0.5, 0.6) is 0 Å². The highest BCUT2D eigenvalue weighted by Crippen LogP contribution is 2.23. The summed E-state index contributed by atoms with van der Waals surface area (Å²) in [4.78, 5) is 33.6. The fraction of sp³-hybridized carbons (Fsp3) is 0.500. The summed E-state index contributed by atoms with van der Waals surface area (Å²) in [5, 5.41) is 5.20. The Morgan fingerprint density at radius 3 is 2.89 bits per heavy atom. The lowest BCUT2D eigenvalue weighted by molar-refractivity contribution is -0.132. The van der Waals surface area contributed by atoms with E-state index in [0.717, 1.165) is 5.56 Å². The minimum absolute atomic E-state index is 0.130. The van der Waals surface area contributed by atoms with Gasteiger partial charge in [-0.25, -0.2) is 4.98 Å². The molecular weight excluding hydrogens is 246 g/mol. The van der Waals surface area contributed by atoms with Crippen LogP contribution in [0.3, 0.4) is 0 Å². The van der Waals surface area contributed by atoms with Gasteiger partial charge in [0.15, 0.2) is 0 Å². The monoisotopic (exact) mass is 263 g/mol. The van der Waals surface area contributed by atoms with Gasteiger partial charge in [0.05, 0.1) is 6.54 Å². The average Bonchev–Trinajstić information content (AvgIpc) is 2.38. The molecule has 1 aliphatic heterocycles. The Bertz CT molecular complexity index is 517. The summed E-state index contributed by atoms with van der Waals surface area (Å²) in [7, 11) is 1.72. The SMILES string of the molecule is CCC1C(=O)NC(=O)CN1c1nc(NC)ncc1C. The van der Waals surface area contributed by atoms with Crippen molar-refractivity contribution in [1.82, 2.24) is 15.3 Å². The molecule has 0 radical (unpaired) electrons. The van der Waals surface area contributed by atoms with Crippen LogP contribution in [0, 0.1) is 6.92 Å². The Kier molecular flexibility index (Phi) is 3.64. The molecule has 102 valence electrons. The lowest BCUT2D eigenvalue weighted by Gasteiger charge is -2.35. The van der Waals surface area contributed by atoms with Gasteiger partial charge >= 0.3 is 0 Å². The van der Waals surface area contributed by atoms with Crippen LogP contribution in [0.2, 0.25) is 0 Å². The van der Waals surface area contributed by atoms with Crippen LogP contribution in [0.25, 0.3) is 0 Å². The molecule has 19 heavy (non-hydrogen) atoms. The Labute approximate surface area is 111 Å². The number of nitrogens with one attached hydrogen (secondary N) is 2. The molecule has 0 aliphatic carbocycles. The number of rotatable bonds is 3. The first kappa shape index (κ1) is 13.3. The van der Waals surface area contributed by atoms with Crippen molar-refractivity contribution in [2.24, 2.45) is 0 Å². The molecule has 2 heterocycles. The van der Waals surface area contributed by atoms with Gasteiger partial charge in [0, 0.05) is 18.8 Å². The van der Waals surface area contributed by atoms with Crippen LogP contribution in [-0.4, -0.2) is 41.4 Å². The molecular formula is C12H17N5O2. The zero-order valence-electron chi connectivity index (χ0n) is 11.2. The summed E-state index contributed by atoms with van der Waals surface area (Å²) in [6.07, 6.45) is 2.29. The number of carbonyl (C=O) groups excluding carboxylic acids is 2. The van der Waals surface area contributed by atoms with Crippen LogP contribution in [0.15, 0.2) is 6.20 Å². The second-order valence-corrected chi connectivity index (χ2v) is 4.41. The van der Waals surface area contributed by atoms with E-state index in [1.165, 1.54) is 0 Å². The van der Waals surface area contributed by atoms with E-state index in [2.05, 4.69) is 20.6 Å². The first-order chi connectivity index (χ1) is 9.06. The summed E-state index contributed by atoms with van der Waals surface area (Å²) in [5.41, 5.74) is 0.833. The molecule has 7 nitrogen and oxygen atoms in total. The predicted molar refractivity (Wildman–Crippen MR) is 70.9 cm³/mol. The first-order valence-electron chi connectivity index (χ1n) is 6.18. The number of hydrogen-bond donors (Lipinski definition) is 2. The maximum atomic E-state index is 11.9. The lowest BCUT2D eigenvalue weighted by Crippen LogP contribution is -2.58. The van der Waals surface area contributed by atoms with Gasteiger partial charge in [0.1, 0.15) is 11.9 Å². The molecule has 1 saturated heterocycles. The van der Waals surface area contributed by atoms with E-state index >= 15 is 0 Å². The molecule has 0 spiro atoms. The molecule has 2 N–H and O–H groups in total. The molecule has 1 atom stereocenters. The van der Waals surface area contributed by atoms with E-state index in [1.807, 2.05) is 13.8 Å². The normalized spacial score (nSPS) is 19.3. The fourth-order valence-corrected chi connectivity index (χ4v) is 2.14. The minimum Gasteiger partial charge on any atom is -0.357 e. The average molecular weight is 263 g/mol. The molecule has 1 aromatic heterocycles. The van der Waals surface area contributed by atoms with Gasteiger partial charge in [0.2, 0.25) is 17.8 Å². The van der Waals surface area contributed by atoms with Crippen LogP contribution in [0.4, 0.5) is 11.8 Å². The Hall–Kier alpha value is -2.18. The number of anilines is 2. The molecule has 2 amide bonds. The maximum Gasteiger partial charge on any atom is 0.249 e. The highest BCUT2D eigenvalue weighted by atomic mass is 16.2. The van der Waals surface area contributed by atoms with Crippen LogP contribution < -0.4 is 15.5 Å². The maximum absolute atomic E-state index is 11.9. The van der Waals surface area contributed by atoms with E-state index in [4.69, 9.17) is 0 Å². The summed E-state index contributed by atoms with van der Waals surface area (Å²) in [6.45, 7) is 3.90. The molecule has 1 unspecified atom stereocenters. The van der Waals surface area contributed by atoms with Gasteiger partial charge in [0.25, 0.3) is 0 Å². The molecule has 1 aliphatic rings. The highest BCUT2D eigenvalue weighted by Gasteiger charge is 2.34. The van der Waals surface area contributed by atoms with Crippen molar-refractivity contribution < 1.29 is 9.59 Å². The lowest BCUT2D eigenvalue weighted by atomic mass is 10.1. The van der Waals surface area contributed by atoms with Crippen molar-refractivity contribution in [3.05, 3.63) is 11.8 Å². The Balaban J connectivity index is 2.42. The number of aromatic nitrogens is 2. The van der Waals surface area contributed by atoms with Crippen LogP contribution in [0.1, 0.15) is 18.9 Å². The zero-order valence-corrected chi connectivity index (χ0v) is 11.2.